The topological polar surface area (TPSA) is 67.4 Å². The number of thioether (sulfide) groups is 1. The standard InChI is InChI=1S/C28H27F4N5O2S/c29-22-9-1-2-10-23(22)35-13-15-36(16-14-35)25(38)12-3-4-18-40-27-34-33-26(24-11-6-17-39-24)37(27)21-8-5-7-20(19-21)28(30,31)32/h1-2,5-11,17,19H,3-4,12-16,18H2. The first-order valence-corrected chi connectivity index (χ1v) is 13.9. The van der Waals surface area contributed by atoms with E-state index in [0.717, 1.165) is 12.1 Å². The summed E-state index contributed by atoms with van der Waals surface area (Å²) in [6.07, 6.45) is -1.28. The van der Waals surface area contributed by atoms with Gasteiger partial charge >= 0.3 is 6.18 Å². The molecule has 210 valence electrons. The molecular weight excluding hydrogens is 546 g/mol. The predicted molar refractivity (Wildman–Crippen MR) is 144 cm³/mol. The molecule has 0 aliphatic carbocycles. The molecule has 1 saturated heterocycles. The van der Waals surface area contributed by atoms with Crippen molar-refractivity contribution in [3.8, 4) is 17.3 Å². The lowest BCUT2D eigenvalue weighted by Crippen LogP contribution is -2.49. The first-order chi connectivity index (χ1) is 19.3. The minimum absolute atomic E-state index is 0.0606. The lowest BCUT2D eigenvalue weighted by atomic mass is 10.2. The maximum absolute atomic E-state index is 14.1. The summed E-state index contributed by atoms with van der Waals surface area (Å²) >= 11 is 1.36. The number of carbonyl (C=O) groups excluding carboxylic acids is 1. The second-order valence-electron chi connectivity index (χ2n) is 9.29. The molecule has 0 spiro atoms. The number of piperazine rings is 1. The van der Waals surface area contributed by atoms with Crippen LogP contribution in [0, 0.1) is 5.82 Å². The molecule has 40 heavy (non-hydrogen) atoms. The van der Waals surface area contributed by atoms with Gasteiger partial charge in [0.15, 0.2) is 10.9 Å². The lowest BCUT2D eigenvalue weighted by molar-refractivity contribution is -0.137. The van der Waals surface area contributed by atoms with Crippen molar-refractivity contribution in [2.75, 3.05) is 36.8 Å². The Bertz CT molecular complexity index is 1430. The zero-order chi connectivity index (χ0) is 28.1. The van der Waals surface area contributed by atoms with Crippen LogP contribution in [0.1, 0.15) is 24.8 Å². The molecule has 0 unspecified atom stereocenters. The number of unbranched alkanes of at least 4 members (excludes halogenated alkanes) is 1. The minimum atomic E-state index is -4.49. The molecule has 0 atom stereocenters. The van der Waals surface area contributed by atoms with Crippen LogP contribution in [0.25, 0.3) is 17.3 Å². The summed E-state index contributed by atoms with van der Waals surface area (Å²) in [5.74, 6) is 1.09. The Labute approximate surface area is 232 Å². The first kappa shape index (κ1) is 27.8. The summed E-state index contributed by atoms with van der Waals surface area (Å²) in [7, 11) is 0. The van der Waals surface area contributed by atoms with Crippen molar-refractivity contribution in [3.05, 3.63) is 78.3 Å². The Morgan fingerprint density at radius 2 is 1.75 bits per heavy atom. The van der Waals surface area contributed by atoms with Crippen LogP contribution >= 0.6 is 11.8 Å². The number of furan rings is 1. The molecule has 2 aromatic heterocycles. The van der Waals surface area contributed by atoms with E-state index in [2.05, 4.69) is 10.2 Å². The number of para-hydroxylation sites is 1. The molecule has 0 N–H and O–H groups in total. The van der Waals surface area contributed by atoms with Crippen molar-refractivity contribution in [1.82, 2.24) is 19.7 Å². The van der Waals surface area contributed by atoms with Gasteiger partial charge in [0.25, 0.3) is 0 Å². The van der Waals surface area contributed by atoms with Crippen LogP contribution in [0.2, 0.25) is 0 Å². The normalized spacial score (nSPS) is 14.1. The Hall–Kier alpha value is -3.80. The number of amides is 1. The van der Waals surface area contributed by atoms with Crippen molar-refractivity contribution in [3.63, 3.8) is 0 Å². The van der Waals surface area contributed by atoms with E-state index in [1.54, 1.807) is 41.0 Å². The summed E-state index contributed by atoms with van der Waals surface area (Å²) in [6, 6.07) is 15.0. The molecular formula is C28H27F4N5O2S. The number of halogens is 4. The van der Waals surface area contributed by atoms with Crippen molar-refractivity contribution in [2.24, 2.45) is 0 Å². The van der Waals surface area contributed by atoms with Crippen LogP contribution in [-0.2, 0) is 11.0 Å². The van der Waals surface area contributed by atoms with Crippen LogP contribution in [0.4, 0.5) is 23.2 Å². The van der Waals surface area contributed by atoms with E-state index in [1.807, 2.05) is 9.80 Å². The smallest absolute Gasteiger partial charge is 0.416 e. The minimum Gasteiger partial charge on any atom is -0.461 e. The lowest BCUT2D eigenvalue weighted by Gasteiger charge is -2.36. The molecule has 3 heterocycles. The number of anilines is 1. The number of alkyl halides is 3. The number of hydrogen-bond acceptors (Lipinski definition) is 6. The number of benzene rings is 2. The van der Waals surface area contributed by atoms with Crippen LogP contribution in [0.3, 0.4) is 0 Å². The van der Waals surface area contributed by atoms with Gasteiger partial charge in [-0.3, -0.25) is 9.36 Å². The van der Waals surface area contributed by atoms with Gasteiger partial charge in [0.1, 0.15) is 5.82 Å². The predicted octanol–water partition coefficient (Wildman–Crippen LogP) is 6.30. The number of nitrogens with zero attached hydrogens (tertiary/aromatic N) is 5. The quantitative estimate of drug-likeness (QED) is 0.133. The van der Waals surface area contributed by atoms with Gasteiger partial charge in [-0.1, -0.05) is 30.0 Å². The highest BCUT2D eigenvalue weighted by Gasteiger charge is 2.31. The van der Waals surface area contributed by atoms with Gasteiger partial charge in [-0.25, -0.2) is 4.39 Å². The summed E-state index contributed by atoms with van der Waals surface area (Å²) < 4.78 is 61.2. The zero-order valence-electron chi connectivity index (χ0n) is 21.5. The van der Waals surface area contributed by atoms with Gasteiger partial charge < -0.3 is 14.2 Å². The second kappa shape index (κ2) is 12.2. The van der Waals surface area contributed by atoms with Crippen molar-refractivity contribution >= 4 is 23.4 Å². The fourth-order valence-electron chi connectivity index (χ4n) is 4.59. The van der Waals surface area contributed by atoms with Crippen LogP contribution < -0.4 is 4.90 Å². The van der Waals surface area contributed by atoms with Crippen molar-refractivity contribution < 1.29 is 26.8 Å². The maximum atomic E-state index is 14.1. The fourth-order valence-corrected chi connectivity index (χ4v) is 5.54. The third-order valence-corrected chi connectivity index (χ3v) is 7.66. The Kier molecular flexibility index (Phi) is 8.43. The number of hydrogen-bond donors (Lipinski definition) is 0. The van der Waals surface area contributed by atoms with E-state index in [0.29, 0.717) is 73.6 Å². The zero-order valence-corrected chi connectivity index (χ0v) is 22.3. The van der Waals surface area contributed by atoms with E-state index >= 15 is 0 Å². The van der Waals surface area contributed by atoms with Crippen LogP contribution in [0.15, 0.2) is 76.5 Å². The van der Waals surface area contributed by atoms with Gasteiger partial charge in [-0.05, 0) is 55.3 Å². The monoisotopic (exact) mass is 573 g/mol. The third kappa shape index (κ3) is 6.33. The molecule has 0 radical (unpaired) electrons. The highest BCUT2D eigenvalue weighted by molar-refractivity contribution is 7.99. The van der Waals surface area contributed by atoms with E-state index < -0.39 is 11.7 Å². The molecule has 0 bridgehead atoms. The number of aromatic nitrogens is 3. The van der Waals surface area contributed by atoms with Gasteiger partial charge in [-0.2, -0.15) is 13.2 Å². The third-order valence-electron chi connectivity index (χ3n) is 6.65. The number of carbonyl (C=O) groups is 1. The SMILES string of the molecule is O=C(CCCCSc1nnc(-c2ccco2)n1-c1cccc(C(F)(F)F)c1)N1CCN(c2ccccc2F)CC1. The van der Waals surface area contributed by atoms with Gasteiger partial charge in [0, 0.05) is 38.4 Å². The molecule has 4 aromatic rings. The molecule has 1 fully saturated rings. The maximum Gasteiger partial charge on any atom is 0.416 e. The Balaban J connectivity index is 1.16. The van der Waals surface area contributed by atoms with E-state index in [-0.39, 0.29) is 17.4 Å². The summed E-state index contributed by atoms with van der Waals surface area (Å²) in [4.78, 5) is 16.5. The highest BCUT2D eigenvalue weighted by atomic mass is 32.2. The van der Waals surface area contributed by atoms with Gasteiger partial charge in [-0.15, -0.1) is 10.2 Å². The Morgan fingerprint density at radius 3 is 2.48 bits per heavy atom. The summed E-state index contributed by atoms with van der Waals surface area (Å²) in [5, 5.41) is 8.82. The van der Waals surface area contributed by atoms with Crippen LogP contribution in [-0.4, -0.2) is 57.5 Å². The molecule has 1 aliphatic heterocycles. The largest absolute Gasteiger partial charge is 0.461 e. The van der Waals surface area contributed by atoms with E-state index in [1.165, 1.54) is 30.2 Å². The second-order valence-corrected chi connectivity index (χ2v) is 10.4. The molecule has 0 saturated carbocycles. The molecule has 12 heteroatoms. The van der Waals surface area contributed by atoms with Crippen LogP contribution in [0.5, 0.6) is 0 Å². The molecule has 1 aliphatic rings. The molecule has 2 aromatic carbocycles. The Morgan fingerprint density at radius 1 is 0.950 bits per heavy atom. The van der Waals surface area contributed by atoms with Gasteiger partial charge in [0.2, 0.25) is 11.7 Å². The van der Waals surface area contributed by atoms with Crippen molar-refractivity contribution in [1.29, 1.82) is 0 Å². The van der Waals surface area contributed by atoms with E-state index in [4.69, 9.17) is 4.42 Å². The average Bonchev–Trinajstić information content (AvgIpc) is 3.63. The van der Waals surface area contributed by atoms with E-state index in [9.17, 15) is 22.4 Å². The highest BCUT2D eigenvalue weighted by Crippen LogP contribution is 2.33. The first-order valence-electron chi connectivity index (χ1n) is 12.9. The summed E-state index contributed by atoms with van der Waals surface area (Å²) in [5.41, 5.74) is 0.0616. The average molecular weight is 574 g/mol. The van der Waals surface area contributed by atoms with Crippen molar-refractivity contribution in [2.45, 2.75) is 30.6 Å². The fraction of sp³-hybridized carbons (Fsp3) is 0.321. The number of rotatable bonds is 9. The molecule has 1 amide bonds. The molecule has 5 rings (SSSR count). The summed E-state index contributed by atoms with van der Waals surface area (Å²) in [6.45, 7) is 2.23. The molecule has 7 nitrogen and oxygen atoms in total. The van der Waals surface area contributed by atoms with Gasteiger partial charge in [0.05, 0.1) is 23.2 Å².